The zero-order valence-electron chi connectivity index (χ0n) is 16.7. The molecule has 25 heavy (non-hydrogen) atoms. The highest BCUT2D eigenvalue weighted by molar-refractivity contribution is 5.75. The van der Waals surface area contributed by atoms with Gasteiger partial charge in [0.2, 0.25) is 5.91 Å². The van der Waals surface area contributed by atoms with E-state index in [4.69, 9.17) is 0 Å². The van der Waals surface area contributed by atoms with Crippen LogP contribution >= 0.6 is 0 Å². The van der Waals surface area contributed by atoms with E-state index in [2.05, 4.69) is 24.4 Å². The van der Waals surface area contributed by atoms with Crippen molar-refractivity contribution >= 4 is 5.91 Å². The molecule has 0 aromatic carbocycles. The van der Waals surface area contributed by atoms with Gasteiger partial charge in [-0.1, -0.05) is 77.4 Å². The number of allylic oxidation sites excluding steroid dienone is 2. The Morgan fingerprint density at radius 1 is 0.880 bits per heavy atom. The van der Waals surface area contributed by atoms with Crippen LogP contribution in [0.15, 0.2) is 12.2 Å². The minimum Gasteiger partial charge on any atom is -0.634 e. The number of nitrogens with one attached hydrogen (secondary N) is 1. The number of hydroxylamine groups is 1. The minimum absolute atomic E-state index is 0.0107. The van der Waals surface area contributed by atoms with Crippen LogP contribution in [0.4, 0.5) is 0 Å². The van der Waals surface area contributed by atoms with Gasteiger partial charge in [0.25, 0.3) is 0 Å². The standard InChI is InChI=1S/C21H42N2O2/c1-3-5-6-7-8-9-10-11-12-13-14-15-16-17-18-19-21(24)22-20(4-2)23-25/h11-12,20H,3-10,13-19,23H2,1-2H3,(H,22,24)/b12-11-. The Morgan fingerprint density at radius 2 is 1.40 bits per heavy atom. The largest absolute Gasteiger partial charge is 0.634 e. The molecule has 148 valence electrons. The van der Waals surface area contributed by atoms with Crippen LogP contribution in [-0.4, -0.2) is 12.1 Å². The summed E-state index contributed by atoms with van der Waals surface area (Å²) in [6.07, 6.45) is 22.0. The molecule has 0 saturated carbocycles. The molecule has 0 heterocycles. The Kier molecular flexibility index (Phi) is 18.8. The minimum atomic E-state index is -0.310. The molecular formula is C21H42N2O2. The van der Waals surface area contributed by atoms with Crippen LogP contribution in [0.1, 0.15) is 110 Å². The fraction of sp³-hybridized carbons (Fsp3) is 0.857. The van der Waals surface area contributed by atoms with Gasteiger partial charge in [-0.2, -0.15) is 0 Å². The van der Waals surface area contributed by atoms with Crippen LogP contribution in [-0.2, 0) is 4.79 Å². The van der Waals surface area contributed by atoms with Crippen LogP contribution in [0, 0.1) is 5.21 Å². The molecule has 0 aromatic heterocycles. The summed E-state index contributed by atoms with van der Waals surface area (Å²) < 4.78 is 0. The second-order valence-electron chi connectivity index (χ2n) is 7.05. The summed E-state index contributed by atoms with van der Waals surface area (Å²) in [5, 5.41) is 13.4. The van der Waals surface area contributed by atoms with Crippen molar-refractivity contribution in [3.8, 4) is 0 Å². The Hall–Kier alpha value is -0.870. The SMILES string of the molecule is CCCCCCCC/C=C\CCCCCCCC(=O)NC(CC)[NH2+][O-]. The first kappa shape index (κ1) is 24.1. The number of hydrogen-bond donors (Lipinski definition) is 2. The van der Waals surface area contributed by atoms with Gasteiger partial charge in [0.15, 0.2) is 6.17 Å². The smallest absolute Gasteiger partial charge is 0.224 e. The van der Waals surface area contributed by atoms with Gasteiger partial charge in [0.05, 0.1) is 0 Å². The van der Waals surface area contributed by atoms with Gasteiger partial charge in [0.1, 0.15) is 0 Å². The maximum atomic E-state index is 11.6. The van der Waals surface area contributed by atoms with E-state index in [0.29, 0.717) is 12.8 Å². The molecule has 1 unspecified atom stereocenters. The van der Waals surface area contributed by atoms with E-state index in [1.807, 2.05) is 6.92 Å². The number of rotatable bonds is 18. The maximum absolute atomic E-state index is 11.6. The Morgan fingerprint density at radius 3 is 1.92 bits per heavy atom. The van der Waals surface area contributed by atoms with Crippen LogP contribution in [0.3, 0.4) is 0 Å². The highest BCUT2D eigenvalue weighted by Crippen LogP contribution is 2.09. The molecule has 1 amide bonds. The first-order valence-electron chi connectivity index (χ1n) is 10.6. The predicted molar refractivity (Wildman–Crippen MR) is 107 cm³/mol. The van der Waals surface area contributed by atoms with Crippen molar-refractivity contribution in [3.05, 3.63) is 17.4 Å². The number of hydrogen-bond acceptors (Lipinski definition) is 2. The zero-order chi connectivity index (χ0) is 18.6. The zero-order valence-corrected chi connectivity index (χ0v) is 16.7. The molecule has 0 aliphatic heterocycles. The molecule has 0 aromatic rings. The lowest BCUT2D eigenvalue weighted by molar-refractivity contribution is -0.631. The number of carbonyl (C=O) groups is 1. The lowest BCUT2D eigenvalue weighted by atomic mass is 10.1. The third-order valence-corrected chi connectivity index (χ3v) is 4.62. The van der Waals surface area contributed by atoms with Gasteiger partial charge in [-0.25, -0.2) is 0 Å². The van der Waals surface area contributed by atoms with Gasteiger partial charge in [-0.15, -0.1) is 0 Å². The summed E-state index contributed by atoms with van der Waals surface area (Å²) in [5.41, 5.74) is 0.817. The van der Waals surface area contributed by atoms with E-state index in [1.165, 1.54) is 70.6 Å². The summed E-state index contributed by atoms with van der Waals surface area (Å²) in [6, 6.07) is 0. The molecular weight excluding hydrogens is 312 g/mol. The van der Waals surface area contributed by atoms with Crippen LogP contribution in [0.25, 0.3) is 0 Å². The van der Waals surface area contributed by atoms with Gasteiger partial charge >= 0.3 is 0 Å². The van der Waals surface area contributed by atoms with E-state index < -0.39 is 0 Å². The summed E-state index contributed by atoms with van der Waals surface area (Å²) in [7, 11) is 0. The highest BCUT2D eigenvalue weighted by Gasteiger charge is 2.08. The van der Waals surface area contributed by atoms with Gasteiger partial charge in [-0.05, 0) is 32.1 Å². The number of quaternary nitrogens is 1. The number of carbonyl (C=O) groups excluding carboxylic acids is 1. The predicted octanol–water partition coefficient (Wildman–Crippen LogP) is 4.94. The second-order valence-corrected chi connectivity index (χ2v) is 7.05. The molecule has 0 spiro atoms. The quantitative estimate of drug-likeness (QED) is 0.158. The molecule has 0 saturated heterocycles. The molecule has 0 aliphatic rings. The van der Waals surface area contributed by atoms with Crippen molar-refractivity contribution < 1.29 is 10.3 Å². The molecule has 1 atom stereocenters. The van der Waals surface area contributed by atoms with Crippen molar-refractivity contribution in [1.82, 2.24) is 5.32 Å². The summed E-state index contributed by atoms with van der Waals surface area (Å²) in [5.74, 6) is 0.0107. The average Bonchev–Trinajstić information content (AvgIpc) is 2.62. The van der Waals surface area contributed by atoms with Gasteiger partial charge < -0.3 is 16.0 Å². The summed E-state index contributed by atoms with van der Waals surface area (Å²) in [4.78, 5) is 11.6. The van der Waals surface area contributed by atoms with Crippen LogP contribution in [0.2, 0.25) is 0 Å². The number of unbranched alkanes of at least 4 members (excludes halogenated alkanes) is 11. The molecule has 4 heteroatoms. The third kappa shape index (κ3) is 17.7. The fourth-order valence-corrected chi connectivity index (χ4v) is 2.87. The van der Waals surface area contributed by atoms with E-state index in [9.17, 15) is 10.0 Å². The molecule has 0 aliphatic carbocycles. The van der Waals surface area contributed by atoms with E-state index in [1.54, 1.807) is 0 Å². The maximum Gasteiger partial charge on any atom is 0.224 e. The fourth-order valence-electron chi connectivity index (χ4n) is 2.87. The Balaban J connectivity index is 3.28. The lowest BCUT2D eigenvalue weighted by Crippen LogP contribution is -2.88. The monoisotopic (exact) mass is 354 g/mol. The average molecular weight is 355 g/mol. The molecule has 0 bridgehead atoms. The van der Waals surface area contributed by atoms with Crippen molar-refractivity contribution in [1.29, 1.82) is 0 Å². The van der Waals surface area contributed by atoms with Crippen molar-refractivity contribution in [2.24, 2.45) is 0 Å². The summed E-state index contributed by atoms with van der Waals surface area (Å²) in [6.45, 7) is 4.17. The highest BCUT2D eigenvalue weighted by atomic mass is 16.5. The molecule has 3 N–H and O–H groups in total. The van der Waals surface area contributed by atoms with Gasteiger partial charge in [-0.3, -0.25) is 4.79 Å². The molecule has 0 radical (unpaired) electrons. The topological polar surface area (TPSA) is 68.8 Å². The Labute approximate surface area is 155 Å². The first-order valence-corrected chi connectivity index (χ1v) is 10.6. The van der Waals surface area contributed by atoms with Crippen molar-refractivity contribution in [3.63, 3.8) is 0 Å². The Bertz CT molecular complexity index is 315. The first-order chi connectivity index (χ1) is 12.2. The van der Waals surface area contributed by atoms with E-state index in [0.717, 1.165) is 18.3 Å². The molecule has 0 rings (SSSR count). The molecule has 0 fully saturated rings. The van der Waals surface area contributed by atoms with Crippen molar-refractivity contribution in [2.75, 3.05) is 0 Å². The van der Waals surface area contributed by atoms with Crippen LogP contribution < -0.4 is 10.8 Å². The van der Waals surface area contributed by atoms with Crippen LogP contribution in [0.5, 0.6) is 0 Å². The van der Waals surface area contributed by atoms with Gasteiger partial charge in [0, 0.05) is 12.8 Å². The second kappa shape index (κ2) is 19.5. The number of nitrogens with two attached hydrogens (primary N) is 1. The lowest BCUT2D eigenvalue weighted by Gasteiger charge is -2.16. The third-order valence-electron chi connectivity index (χ3n) is 4.62. The van der Waals surface area contributed by atoms with E-state index in [-0.39, 0.29) is 12.1 Å². The normalized spacial score (nSPS) is 12.6. The van der Waals surface area contributed by atoms with Crippen molar-refractivity contribution in [2.45, 2.75) is 116 Å². The molecule has 4 nitrogen and oxygen atoms in total. The number of amides is 1. The summed E-state index contributed by atoms with van der Waals surface area (Å²) >= 11 is 0. The van der Waals surface area contributed by atoms with E-state index >= 15 is 0 Å².